The molecule has 5 heteroatoms. The number of anilines is 4. The highest BCUT2D eigenvalue weighted by Gasteiger charge is 2.04. The second-order valence-electron chi connectivity index (χ2n) is 5.77. The molecule has 0 saturated carbocycles. The topological polar surface area (TPSA) is 49.8 Å². The molecule has 0 bridgehead atoms. The van der Waals surface area contributed by atoms with E-state index in [-0.39, 0.29) is 0 Å². The van der Waals surface area contributed by atoms with Crippen LogP contribution >= 0.6 is 15.9 Å². The van der Waals surface area contributed by atoms with Crippen molar-refractivity contribution < 1.29 is 0 Å². The van der Waals surface area contributed by atoms with Crippen LogP contribution in [0.15, 0.2) is 53.0 Å². The summed E-state index contributed by atoms with van der Waals surface area (Å²) in [4.78, 5) is 9.02. The highest BCUT2D eigenvalue weighted by atomic mass is 79.9. The third-order valence-electron chi connectivity index (χ3n) is 3.73. The number of nitrogens with zero attached hydrogens (tertiary/aromatic N) is 2. The van der Waals surface area contributed by atoms with Crippen LogP contribution in [0.4, 0.5) is 23.1 Å². The first-order chi connectivity index (χ1) is 11.5. The van der Waals surface area contributed by atoms with E-state index in [1.165, 1.54) is 11.1 Å². The summed E-state index contributed by atoms with van der Waals surface area (Å²) < 4.78 is 1.05. The Morgan fingerprint density at radius 2 is 1.46 bits per heavy atom. The van der Waals surface area contributed by atoms with E-state index in [2.05, 4.69) is 62.5 Å². The van der Waals surface area contributed by atoms with Gasteiger partial charge in [-0.15, -0.1) is 0 Å². The van der Waals surface area contributed by atoms with E-state index in [0.29, 0.717) is 5.95 Å². The molecule has 3 rings (SSSR count). The summed E-state index contributed by atoms with van der Waals surface area (Å²) in [6, 6.07) is 16.1. The minimum absolute atomic E-state index is 0.581. The van der Waals surface area contributed by atoms with Gasteiger partial charge in [-0.25, -0.2) is 4.98 Å². The number of rotatable bonds is 4. The Balaban J connectivity index is 1.82. The first kappa shape index (κ1) is 16.5. The fourth-order valence-corrected chi connectivity index (χ4v) is 2.58. The Kier molecular flexibility index (Phi) is 4.81. The molecule has 1 aromatic heterocycles. The molecule has 1 heterocycles. The van der Waals surface area contributed by atoms with Gasteiger partial charge in [0.05, 0.1) is 0 Å². The molecule has 0 aliphatic rings. The summed E-state index contributed by atoms with van der Waals surface area (Å²) >= 11 is 3.44. The first-order valence-corrected chi connectivity index (χ1v) is 8.51. The second-order valence-corrected chi connectivity index (χ2v) is 6.69. The molecule has 24 heavy (non-hydrogen) atoms. The normalized spacial score (nSPS) is 10.5. The van der Waals surface area contributed by atoms with Gasteiger partial charge in [-0.05, 0) is 68.3 Å². The summed E-state index contributed by atoms with van der Waals surface area (Å²) in [7, 11) is 0. The molecule has 2 aromatic carbocycles. The maximum atomic E-state index is 4.55. The van der Waals surface area contributed by atoms with Crippen LogP contribution in [0.3, 0.4) is 0 Å². The average molecular weight is 383 g/mol. The van der Waals surface area contributed by atoms with E-state index < -0.39 is 0 Å². The van der Waals surface area contributed by atoms with Gasteiger partial charge < -0.3 is 10.6 Å². The summed E-state index contributed by atoms with van der Waals surface area (Å²) in [6.45, 7) is 6.15. The Labute approximate surface area is 150 Å². The Morgan fingerprint density at radius 3 is 2.17 bits per heavy atom. The van der Waals surface area contributed by atoms with Crippen molar-refractivity contribution in [1.82, 2.24) is 9.97 Å². The third kappa shape index (κ3) is 4.11. The number of nitrogens with one attached hydrogen (secondary N) is 2. The third-order valence-corrected chi connectivity index (χ3v) is 4.26. The van der Waals surface area contributed by atoms with E-state index in [0.717, 1.165) is 27.4 Å². The van der Waals surface area contributed by atoms with Crippen LogP contribution in [0.2, 0.25) is 0 Å². The van der Waals surface area contributed by atoms with Crippen LogP contribution in [-0.2, 0) is 0 Å². The highest BCUT2D eigenvalue weighted by molar-refractivity contribution is 9.10. The van der Waals surface area contributed by atoms with Crippen molar-refractivity contribution in [3.8, 4) is 0 Å². The second kappa shape index (κ2) is 7.01. The minimum Gasteiger partial charge on any atom is -0.340 e. The number of halogens is 1. The van der Waals surface area contributed by atoms with Crippen LogP contribution in [0.5, 0.6) is 0 Å². The van der Waals surface area contributed by atoms with E-state index in [1.807, 2.05) is 43.3 Å². The lowest BCUT2D eigenvalue weighted by molar-refractivity contribution is 1.11. The Morgan fingerprint density at radius 1 is 0.750 bits per heavy atom. The molecule has 0 saturated heterocycles. The van der Waals surface area contributed by atoms with Gasteiger partial charge in [0.2, 0.25) is 5.95 Å². The van der Waals surface area contributed by atoms with Crippen LogP contribution < -0.4 is 10.6 Å². The van der Waals surface area contributed by atoms with Crippen molar-refractivity contribution >= 4 is 39.1 Å². The van der Waals surface area contributed by atoms with E-state index in [4.69, 9.17) is 0 Å². The zero-order valence-corrected chi connectivity index (χ0v) is 15.5. The maximum absolute atomic E-state index is 4.55. The summed E-state index contributed by atoms with van der Waals surface area (Å²) in [5, 5.41) is 6.59. The van der Waals surface area contributed by atoms with Gasteiger partial charge in [-0.2, -0.15) is 4.98 Å². The molecule has 0 fully saturated rings. The van der Waals surface area contributed by atoms with Crippen molar-refractivity contribution in [3.63, 3.8) is 0 Å². The zero-order valence-electron chi connectivity index (χ0n) is 13.9. The molecule has 122 valence electrons. The maximum Gasteiger partial charge on any atom is 0.229 e. The molecule has 3 aromatic rings. The number of hydrogen-bond acceptors (Lipinski definition) is 4. The number of aryl methyl sites for hydroxylation is 3. The molecule has 0 amide bonds. The molecule has 0 radical (unpaired) electrons. The standard InChI is InChI=1S/C19H19BrN4/c1-12-4-7-17(10-13(12)2)23-19-21-14(3)11-18(24-19)22-16-8-5-15(20)6-9-16/h4-11H,1-3H3,(H2,21,22,23,24). The lowest BCUT2D eigenvalue weighted by Gasteiger charge is -2.11. The van der Waals surface area contributed by atoms with Crippen molar-refractivity contribution in [3.05, 3.63) is 69.8 Å². The van der Waals surface area contributed by atoms with Crippen LogP contribution in [0, 0.1) is 20.8 Å². The molecular weight excluding hydrogens is 364 g/mol. The molecular formula is C19H19BrN4. The van der Waals surface area contributed by atoms with Gasteiger partial charge in [0.15, 0.2) is 0 Å². The molecule has 0 unspecified atom stereocenters. The largest absolute Gasteiger partial charge is 0.340 e. The van der Waals surface area contributed by atoms with Crippen molar-refractivity contribution in [2.75, 3.05) is 10.6 Å². The van der Waals surface area contributed by atoms with Gasteiger partial charge >= 0.3 is 0 Å². The van der Waals surface area contributed by atoms with Crippen LogP contribution in [0.1, 0.15) is 16.8 Å². The first-order valence-electron chi connectivity index (χ1n) is 7.72. The van der Waals surface area contributed by atoms with Crippen LogP contribution in [0.25, 0.3) is 0 Å². The fraction of sp³-hybridized carbons (Fsp3) is 0.158. The fourth-order valence-electron chi connectivity index (χ4n) is 2.32. The van der Waals surface area contributed by atoms with Crippen molar-refractivity contribution in [1.29, 1.82) is 0 Å². The number of benzene rings is 2. The molecule has 0 aliphatic carbocycles. The SMILES string of the molecule is Cc1cc(Nc2ccc(Br)cc2)nc(Nc2ccc(C)c(C)c2)n1. The summed E-state index contributed by atoms with van der Waals surface area (Å²) in [6.07, 6.45) is 0. The van der Waals surface area contributed by atoms with Gasteiger partial charge in [0, 0.05) is 27.6 Å². The molecule has 4 nitrogen and oxygen atoms in total. The smallest absolute Gasteiger partial charge is 0.229 e. The number of aromatic nitrogens is 2. The Bertz CT molecular complexity index is 860. The highest BCUT2D eigenvalue weighted by Crippen LogP contribution is 2.21. The summed E-state index contributed by atoms with van der Waals surface area (Å²) in [5.41, 5.74) is 5.37. The van der Waals surface area contributed by atoms with Crippen LogP contribution in [-0.4, -0.2) is 9.97 Å². The number of hydrogen-bond donors (Lipinski definition) is 2. The van der Waals surface area contributed by atoms with E-state index in [1.54, 1.807) is 0 Å². The lowest BCUT2D eigenvalue weighted by Crippen LogP contribution is -2.02. The minimum atomic E-state index is 0.581. The predicted molar refractivity (Wildman–Crippen MR) is 103 cm³/mol. The quantitative estimate of drug-likeness (QED) is 0.611. The van der Waals surface area contributed by atoms with E-state index >= 15 is 0 Å². The van der Waals surface area contributed by atoms with Gasteiger partial charge in [0.25, 0.3) is 0 Å². The Hall–Kier alpha value is -2.40. The predicted octanol–water partition coefficient (Wildman–Crippen LogP) is 5.65. The molecule has 0 aliphatic heterocycles. The molecule has 2 N–H and O–H groups in total. The monoisotopic (exact) mass is 382 g/mol. The van der Waals surface area contributed by atoms with Gasteiger partial charge in [-0.1, -0.05) is 22.0 Å². The van der Waals surface area contributed by atoms with Crippen molar-refractivity contribution in [2.24, 2.45) is 0 Å². The van der Waals surface area contributed by atoms with E-state index in [9.17, 15) is 0 Å². The summed E-state index contributed by atoms with van der Waals surface area (Å²) in [5.74, 6) is 1.34. The van der Waals surface area contributed by atoms with Gasteiger partial charge in [-0.3, -0.25) is 0 Å². The van der Waals surface area contributed by atoms with Gasteiger partial charge in [0.1, 0.15) is 5.82 Å². The average Bonchev–Trinajstić information content (AvgIpc) is 2.53. The molecule has 0 atom stereocenters. The zero-order chi connectivity index (χ0) is 17.1. The lowest BCUT2D eigenvalue weighted by atomic mass is 10.1. The van der Waals surface area contributed by atoms with Crippen molar-refractivity contribution in [2.45, 2.75) is 20.8 Å². The molecule has 0 spiro atoms.